The van der Waals surface area contributed by atoms with E-state index in [1.165, 1.54) is 0 Å². The van der Waals surface area contributed by atoms with Gasteiger partial charge >= 0.3 is 0 Å². The second-order valence-electron chi connectivity index (χ2n) is 3.71. The molecule has 1 fully saturated rings. The molecule has 4 nitrogen and oxygen atoms in total. The minimum absolute atomic E-state index is 0.0698. The molecule has 0 aromatic heterocycles. The van der Waals surface area contributed by atoms with Crippen LogP contribution in [0.4, 0.5) is 0 Å². The number of carbonyl (C=O) groups is 1. The van der Waals surface area contributed by atoms with E-state index in [2.05, 4.69) is 16.8 Å². The fourth-order valence-electron chi connectivity index (χ4n) is 1.56. The number of nitrogens with one attached hydrogen (secondary N) is 1. The third-order valence-corrected chi connectivity index (χ3v) is 2.44. The zero-order chi connectivity index (χ0) is 10.4. The summed E-state index contributed by atoms with van der Waals surface area (Å²) >= 11 is 0. The SMILES string of the molecule is C=CCNC(=O)CN1CCC(N)CC1. The molecule has 4 heteroatoms. The highest BCUT2D eigenvalue weighted by molar-refractivity contribution is 5.78. The highest BCUT2D eigenvalue weighted by Gasteiger charge is 2.17. The van der Waals surface area contributed by atoms with Crippen molar-refractivity contribution in [2.24, 2.45) is 5.73 Å². The van der Waals surface area contributed by atoms with Crippen LogP contribution in [-0.4, -0.2) is 43.0 Å². The van der Waals surface area contributed by atoms with Gasteiger partial charge in [-0.25, -0.2) is 0 Å². The normalized spacial score (nSPS) is 19.2. The van der Waals surface area contributed by atoms with Gasteiger partial charge in [0, 0.05) is 25.7 Å². The van der Waals surface area contributed by atoms with Gasteiger partial charge in [0.25, 0.3) is 0 Å². The fourth-order valence-corrected chi connectivity index (χ4v) is 1.56. The van der Waals surface area contributed by atoms with Gasteiger partial charge in [-0.1, -0.05) is 6.08 Å². The Labute approximate surface area is 85.1 Å². The van der Waals surface area contributed by atoms with Crippen molar-refractivity contribution >= 4 is 5.91 Å². The van der Waals surface area contributed by atoms with Crippen LogP contribution in [0.3, 0.4) is 0 Å². The molecule has 1 amide bonds. The van der Waals surface area contributed by atoms with Gasteiger partial charge < -0.3 is 11.1 Å². The monoisotopic (exact) mass is 197 g/mol. The van der Waals surface area contributed by atoms with Crippen LogP contribution >= 0.6 is 0 Å². The van der Waals surface area contributed by atoms with Crippen LogP contribution in [0.2, 0.25) is 0 Å². The summed E-state index contributed by atoms with van der Waals surface area (Å²) in [6, 6.07) is 0.322. The molecule has 1 aliphatic heterocycles. The molecular formula is C10H19N3O. The lowest BCUT2D eigenvalue weighted by atomic mass is 10.1. The molecule has 0 bridgehead atoms. The average Bonchev–Trinajstić information content (AvgIpc) is 2.18. The van der Waals surface area contributed by atoms with Gasteiger partial charge in [0.1, 0.15) is 0 Å². The first kappa shape index (κ1) is 11.2. The molecule has 0 aromatic carbocycles. The van der Waals surface area contributed by atoms with Crippen molar-refractivity contribution in [2.75, 3.05) is 26.2 Å². The van der Waals surface area contributed by atoms with Gasteiger partial charge in [0.05, 0.1) is 6.54 Å². The predicted octanol–water partition coefficient (Wildman–Crippen LogP) is -0.288. The molecule has 1 rings (SSSR count). The smallest absolute Gasteiger partial charge is 0.234 e. The highest BCUT2D eigenvalue weighted by Crippen LogP contribution is 2.06. The predicted molar refractivity (Wildman–Crippen MR) is 56.9 cm³/mol. The number of amides is 1. The van der Waals surface area contributed by atoms with Gasteiger partial charge in [0.2, 0.25) is 5.91 Å². The number of carbonyl (C=O) groups excluding carboxylic acids is 1. The van der Waals surface area contributed by atoms with E-state index in [9.17, 15) is 4.79 Å². The molecule has 14 heavy (non-hydrogen) atoms. The van der Waals surface area contributed by atoms with E-state index in [1.54, 1.807) is 6.08 Å². The van der Waals surface area contributed by atoms with E-state index in [0.717, 1.165) is 25.9 Å². The van der Waals surface area contributed by atoms with Crippen molar-refractivity contribution in [3.05, 3.63) is 12.7 Å². The summed E-state index contributed by atoms with van der Waals surface area (Å²) in [6.07, 6.45) is 3.67. The quantitative estimate of drug-likeness (QED) is 0.609. The standard InChI is InChI=1S/C10H19N3O/c1-2-5-12-10(14)8-13-6-3-9(11)4-7-13/h2,9H,1,3-8,11H2,(H,12,14). The van der Waals surface area contributed by atoms with Crippen LogP contribution in [0.1, 0.15) is 12.8 Å². The topological polar surface area (TPSA) is 58.4 Å². The third-order valence-electron chi connectivity index (χ3n) is 2.44. The Morgan fingerprint density at radius 2 is 2.21 bits per heavy atom. The average molecular weight is 197 g/mol. The van der Waals surface area contributed by atoms with Gasteiger partial charge in [-0.3, -0.25) is 9.69 Å². The molecule has 0 spiro atoms. The van der Waals surface area contributed by atoms with Gasteiger partial charge in [0.15, 0.2) is 0 Å². The lowest BCUT2D eigenvalue weighted by molar-refractivity contribution is -0.122. The molecule has 80 valence electrons. The number of likely N-dealkylation sites (tertiary alicyclic amines) is 1. The van der Waals surface area contributed by atoms with E-state index >= 15 is 0 Å². The first-order valence-electron chi connectivity index (χ1n) is 5.08. The Bertz CT molecular complexity index is 198. The van der Waals surface area contributed by atoms with Crippen molar-refractivity contribution < 1.29 is 4.79 Å². The fraction of sp³-hybridized carbons (Fsp3) is 0.700. The van der Waals surface area contributed by atoms with Crippen molar-refractivity contribution in [2.45, 2.75) is 18.9 Å². The molecule has 0 saturated carbocycles. The van der Waals surface area contributed by atoms with Crippen molar-refractivity contribution in [3.8, 4) is 0 Å². The first-order chi connectivity index (χ1) is 6.72. The molecular weight excluding hydrogens is 178 g/mol. The lowest BCUT2D eigenvalue weighted by Crippen LogP contribution is -2.44. The number of nitrogens with zero attached hydrogens (tertiary/aromatic N) is 1. The van der Waals surface area contributed by atoms with Crippen LogP contribution < -0.4 is 11.1 Å². The molecule has 0 aromatic rings. The van der Waals surface area contributed by atoms with Crippen molar-refractivity contribution in [1.29, 1.82) is 0 Å². The maximum atomic E-state index is 11.3. The highest BCUT2D eigenvalue weighted by atomic mass is 16.2. The summed E-state index contributed by atoms with van der Waals surface area (Å²) in [4.78, 5) is 13.5. The summed E-state index contributed by atoms with van der Waals surface area (Å²) in [5.41, 5.74) is 5.77. The van der Waals surface area contributed by atoms with Crippen LogP contribution in [0.25, 0.3) is 0 Å². The largest absolute Gasteiger partial charge is 0.352 e. The first-order valence-corrected chi connectivity index (χ1v) is 5.08. The summed E-state index contributed by atoms with van der Waals surface area (Å²) in [6.45, 7) is 6.45. The van der Waals surface area contributed by atoms with E-state index in [0.29, 0.717) is 19.1 Å². The van der Waals surface area contributed by atoms with Gasteiger partial charge in [-0.05, 0) is 12.8 Å². The van der Waals surface area contributed by atoms with E-state index in [-0.39, 0.29) is 5.91 Å². The second kappa shape index (κ2) is 5.78. The summed E-state index contributed by atoms with van der Waals surface area (Å²) in [5, 5.41) is 2.76. The number of hydrogen-bond donors (Lipinski definition) is 2. The Kier molecular flexibility index (Phi) is 4.62. The van der Waals surface area contributed by atoms with E-state index in [4.69, 9.17) is 5.73 Å². The molecule has 1 saturated heterocycles. The van der Waals surface area contributed by atoms with Gasteiger partial charge in [-0.2, -0.15) is 0 Å². The number of piperidine rings is 1. The molecule has 0 atom stereocenters. The minimum atomic E-state index is 0.0698. The van der Waals surface area contributed by atoms with Crippen LogP contribution in [0, 0.1) is 0 Å². The Hall–Kier alpha value is -0.870. The number of rotatable bonds is 4. The van der Waals surface area contributed by atoms with Crippen LogP contribution in [0.15, 0.2) is 12.7 Å². The second-order valence-corrected chi connectivity index (χ2v) is 3.71. The molecule has 0 radical (unpaired) electrons. The van der Waals surface area contributed by atoms with Crippen molar-refractivity contribution in [1.82, 2.24) is 10.2 Å². The van der Waals surface area contributed by atoms with Gasteiger partial charge in [-0.15, -0.1) is 6.58 Å². The van der Waals surface area contributed by atoms with E-state index < -0.39 is 0 Å². The number of hydrogen-bond acceptors (Lipinski definition) is 3. The van der Waals surface area contributed by atoms with Crippen LogP contribution in [0.5, 0.6) is 0 Å². The maximum Gasteiger partial charge on any atom is 0.234 e. The van der Waals surface area contributed by atoms with E-state index in [1.807, 2.05) is 0 Å². The molecule has 1 aliphatic rings. The number of nitrogens with two attached hydrogens (primary N) is 1. The lowest BCUT2D eigenvalue weighted by Gasteiger charge is -2.29. The molecule has 3 N–H and O–H groups in total. The Balaban J connectivity index is 2.17. The van der Waals surface area contributed by atoms with Crippen LogP contribution in [-0.2, 0) is 4.79 Å². The zero-order valence-corrected chi connectivity index (χ0v) is 8.54. The summed E-state index contributed by atoms with van der Waals surface area (Å²) in [7, 11) is 0. The summed E-state index contributed by atoms with van der Waals surface area (Å²) in [5.74, 6) is 0.0698. The third kappa shape index (κ3) is 3.89. The molecule has 0 aliphatic carbocycles. The Morgan fingerprint density at radius 3 is 2.79 bits per heavy atom. The zero-order valence-electron chi connectivity index (χ0n) is 8.54. The molecule has 1 heterocycles. The Morgan fingerprint density at radius 1 is 1.57 bits per heavy atom. The maximum absolute atomic E-state index is 11.3. The summed E-state index contributed by atoms with van der Waals surface area (Å²) < 4.78 is 0. The van der Waals surface area contributed by atoms with Crippen molar-refractivity contribution in [3.63, 3.8) is 0 Å². The minimum Gasteiger partial charge on any atom is -0.352 e. The molecule has 0 unspecified atom stereocenters.